The van der Waals surface area contributed by atoms with Crippen molar-refractivity contribution in [1.29, 1.82) is 0 Å². The minimum Gasteiger partial charge on any atom is -0.349 e. The minimum absolute atomic E-state index is 0.220. The van der Waals surface area contributed by atoms with Gasteiger partial charge in [-0.3, -0.25) is 0 Å². The van der Waals surface area contributed by atoms with Crippen LogP contribution >= 0.6 is 0 Å². The van der Waals surface area contributed by atoms with Gasteiger partial charge in [0, 0.05) is 12.4 Å². The van der Waals surface area contributed by atoms with E-state index in [0.29, 0.717) is 13.2 Å². The highest BCUT2D eigenvalue weighted by Gasteiger charge is 2.29. The van der Waals surface area contributed by atoms with Gasteiger partial charge in [-0.1, -0.05) is 6.92 Å². The van der Waals surface area contributed by atoms with E-state index in [1.54, 1.807) is 6.20 Å². The Hall–Kier alpha value is -0.910. The van der Waals surface area contributed by atoms with Crippen molar-refractivity contribution >= 4 is 0 Å². The Bertz CT molecular complexity index is 328. The second-order valence-corrected chi connectivity index (χ2v) is 4.82. The summed E-state index contributed by atoms with van der Waals surface area (Å²) in [6.07, 6.45) is 4.60. The number of nitrogens with one attached hydrogen (secondary N) is 2. The summed E-state index contributed by atoms with van der Waals surface area (Å²) in [6, 6.07) is 0.446. The zero-order valence-corrected chi connectivity index (χ0v) is 10.7. The Morgan fingerprint density at radius 2 is 2.24 bits per heavy atom. The molecular formula is C12H21N3O2. The fraction of sp³-hybridized carbons (Fsp3) is 0.750. The fourth-order valence-corrected chi connectivity index (χ4v) is 1.93. The first-order valence-electron chi connectivity index (χ1n) is 6.14. The van der Waals surface area contributed by atoms with Crippen LogP contribution in [0.2, 0.25) is 0 Å². The van der Waals surface area contributed by atoms with Crippen LogP contribution in [0.25, 0.3) is 0 Å². The third-order valence-electron chi connectivity index (χ3n) is 2.96. The van der Waals surface area contributed by atoms with Crippen molar-refractivity contribution in [2.75, 3.05) is 13.2 Å². The molecule has 5 heteroatoms. The van der Waals surface area contributed by atoms with Crippen LogP contribution in [0.3, 0.4) is 0 Å². The predicted octanol–water partition coefficient (Wildman–Crippen LogP) is 1.60. The van der Waals surface area contributed by atoms with Crippen LogP contribution in [0.4, 0.5) is 0 Å². The van der Waals surface area contributed by atoms with Gasteiger partial charge >= 0.3 is 0 Å². The molecule has 1 aromatic rings. The second-order valence-electron chi connectivity index (χ2n) is 4.82. The van der Waals surface area contributed by atoms with E-state index >= 15 is 0 Å². The highest BCUT2D eigenvalue weighted by molar-refractivity contribution is 4.96. The molecule has 2 heterocycles. The number of aromatic nitrogens is 2. The molecule has 96 valence electrons. The van der Waals surface area contributed by atoms with E-state index in [1.807, 2.05) is 20.0 Å². The van der Waals surface area contributed by atoms with Gasteiger partial charge in [0.2, 0.25) is 0 Å². The van der Waals surface area contributed by atoms with Gasteiger partial charge in [-0.2, -0.15) is 0 Å². The van der Waals surface area contributed by atoms with Crippen molar-refractivity contribution in [2.45, 2.75) is 45.1 Å². The van der Waals surface area contributed by atoms with E-state index in [4.69, 9.17) is 9.47 Å². The maximum atomic E-state index is 5.63. The smallest absolute Gasteiger partial charge is 0.162 e. The molecule has 1 atom stereocenters. The molecule has 5 nitrogen and oxygen atoms in total. The van der Waals surface area contributed by atoms with E-state index in [-0.39, 0.29) is 12.1 Å². The van der Waals surface area contributed by atoms with Crippen LogP contribution in [0.5, 0.6) is 0 Å². The van der Waals surface area contributed by atoms with Crippen molar-refractivity contribution < 1.29 is 9.47 Å². The summed E-state index contributed by atoms with van der Waals surface area (Å²) in [7, 11) is 0. The van der Waals surface area contributed by atoms with Crippen LogP contribution in [0.1, 0.15) is 39.1 Å². The molecule has 0 spiro atoms. The Kier molecular flexibility index (Phi) is 3.81. The Balaban J connectivity index is 1.88. The van der Waals surface area contributed by atoms with Crippen molar-refractivity contribution in [2.24, 2.45) is 0 Å². The first kappa shape index (κ1) is 12.5. The summed E-state index contributed by atoms with van der Waals surface area (Å²) in [5, 5.41) is 3.50. The first-order valence-corrected chi connectivity index (χ1v) is 6.14. The van der Waals surface area contributed by atoms with E-state index in [9.17, 15) is 0 Å². The lowest BCUT2D eigenvalue weighted by Crippen LogP contribution is -2.49. The van der Waals surface area contributed by atoms with Gasteiger partial charge in [0.1, 0.15) is 5.82 Å². The quantitative estimate of drug-likeness (QED) is 0.838. The molecule has 2 rings (SSSR count). The third kappa shape index (κ3) is 3.28. The van der Waals surface area contributed by atoms with Gasteiger partial charge in [-0.15, -0.1) is 0 Å². The molecule has 1 aliphatic rings. The van der Waals surface area contributed by atoms with Gasteiger partial charge in [-0.05, 0) is 20.3 Å². The van der Waals surface area contributed by atoms with Gasteiger partial charge in [0.05, 0.1) is 25.3 Å². The Labute approximate surface area is 102 Å². The highest BCUT2D eigenvalue weighted by atomic mass is 16.7. The normalized spacial score (nSPS) is 22.5. The molecule has 17 heavy (non-hydrogen) atoms. The molecule has 0 bridgehead atoms. The van der Waals surface area contributed by atoms with E-state index < -0.39 is 5.79 Å². The average Bonchev–Trinajstić information content (AvgIpc) is 2.81. The number of hydrogen-bond acceptors (Lipinski definition) is 4. The monoisotopic (exact) mass is 239 g/mol. The first-order chi connectivity index (χ1) is 8.11. The van der Waals surface area contributed by atoms with Crippen LogP contribution in [-0.2, 0) is 9.47 Å². The number of H-pyrrole nitrogens is 1. The predicted molar refractivity (Wildman–Crippen MR) is 64.5 cm³/mol. The molecule has 1 saturated heterocycles. The standard InChI is InChI=1S/C12H21N3O2/c1-4-10(11-13-5-6-14-11)15-9-7-16-12(2,3)17-8-9/h5-6,9-10,15H,4,7-8H2,1-3H3,(H,13,14). The molecule has 0 saturated carbocycles. The van der Waals surface area contributed by atoms with E-state index in [0.717, 1.165) is 12.2 Å². The molecule has 0 amide bonds. The summed E-state index contributed by atoms with van der Waals surface area (Å²) in [5.41, 5.74) is 0. The highest BCUT2D eigenvalue weighted by Crippen LogP contribution is 2.19. The molecule has 1 fully saturated rings. The van der Waals surface area contributed by atoms with Gasteiger partial charge in [0.25, 0.3) is 0 Å². The molecular weight excluding hydrogens is 218 g/mol. The Morgan fingerprint density at radius 3 is 2.76 bits per heavy atom. The lowest BCUT2D eigenvalue weighted by atomic mass is 10.1. The third-order valence-corrected chi connectivity index (χ3v) is 2.96. The summed E-state index contributed by atoms with van der Waals surface area (Å²) < 4.78 is 11.3. The zero-order valence-electron chi connectivity index (χ0n) is 10.7. The summed E-state index contributed by atoms with van der Waals surface area (Å²) in [5.74, 6) is 0.516. The average molecular weight is 239 g/mol. The molecule has 1 aliphatic heterocycles. The van der Waals surface area contributed by atoms with Crippen molar-refractivity contribution in [1.82, 2.24) is 15.3 Å². The minimum atomic E-state index is -0.454. The summed E-state index contributed by atoms with van der Waals surface area (Å²) in [6.45, 7) is 7.35. The van der Waals surface area contributed by atoms with Gasteiger partial charge in [0.15, 0.2) is 5.79 Å². The second kappa shape index (κ2) is 5.16. The summed E-state index contributed by atoms with van der Waals surface area (Å²) in [4.78, 5) is 7.42. The summed E-state index contributed by atoms with van der Waals surface area (Å²) >= 11 is 0. The zero-order chi connectivity index (χ0) is 12.3. The van der Waals surface area contributed by atoms with Crippen molar-refractivity contribution in [3.05, 3.63) is 18.2 Å². The van der Waals surface area contributed by atoms with Crippen LogP contribution in [0, 0.1) is 0 Å². The fourth-order valence-electron chi connectivity index (χ4n) is 1.93. The maximum absolute atomic E-state index is 5.63. The maximum Gasteiger partial charge on any atom is 0.162 e. The molecule has 0 radical (unpaired) electrons. The van der Waals surface area contributed by atoms with Gasteiger partial charge < -0.3 is 19.8 Å². The SMILES string of the molecule is CCC(NC1COC(C)(C)OC1)c1ncc[nH]1. The van der Waals surface area contributed by atoms with E-state index in [2.05, 4.69) is 22.2 Å². The molecule has 1 aromatic heterocycles. The molecule has 0 aliphatic carbocycles. The van der Waals surface area contributed by atoms with Crippen LogP contribution < -0.4 is 5.32 Å². The molecule has 1 unspecified atom stereocenters. The number of hydrogen-bond donors (Lipinski definition) is 2. The lowest BCUT2D eigenvalue weighted by Gasteiger charge is -2.36. The molecule has 0 aromatic carbocycles. The van der Waals surface area contributed by atoms with Gasteiger partial charge in [-0.25, -0.2) is 4.98 Å². The van der Waals surface area contributed by atoms with E-state index in [1.165, 1.54) is 0 Å². The van der Waals surface area contributed by atoms with Crippen molar-refractivity contribution in [3.8, 4) is 0 Å². The van der Waals surface area contributed by atoms with Crippen molar-refractivity contribution in [3.63, 3.8) is 0 Å². The lowest BCUT2D eigenvalue weighted by molar-refractivity contribution is -0.253. The number of aromatic amines is 1. The van der Waals surface area contributed by atoms with Crippen LogP contribution in [0.15, 0.2) is 12.4 Å². The Morgan fingerprint density at radius 1 is 1.53 bits per heavy atom. The number of imidazole rings is 1. The van der Waals surface area contributed by atoms with Crippen LogP contribution in [-0.4, -0.2) is 35.0 Å². The topological polar surface area (TPSA) is 59.2 Å². The molecule has 2 N–H and O–H groups in total. The largest absolute Gasteiger partial charge is 0.349 e. The number of rotatable bonds is 4. The number of nitrogens with zero attached hydrogens (tertiary/aromatic N) is 1. The number of ether oxygens (including phenoxy) is 2.